The zero-order valence-corrected chi connectivity index (χ0v) is 13.3. The largest absolute Gasteiger partial charge is 0.337 e. The summed E-state index contributed by atoms with van der Waals surface area (Å²) in [7, 11) is 0. The van der Waals surface area contributed by atoms with Gasteiger partial charge in [0.15, 0.2) is 5.82 Å². The average molecular weight is 340 g/mol. The molecule has 0 atom stereocenters. The molecule has 0 fully saturated rings. The van der Waals surface area contributed by atoms with Gasteiger partial charge in [0.1, 0.15) is 0 Å². The van der Waals surface area contributed by atoms with Crippen molar-refractivity contribution in [2.75, 3.05) is 10.7 Å². The van der Waals surface area contributed by atoms with Gasteiger partial charge in [0.05, 0.1) is 5.69 Å². The van der Waals surface area contributed by atoms with Crippen LogP contribution in [0.15, 0.2) is 66.7 Å². The Labute approximate surface area is 143 Å². The lowest BCUT2D eigenvalue weighted by atomic mass is 10.1. The van der Waals surface area contributed by atoms with E-state index in [1.54, 1.807) is 30.3 Å². The number of benzene rings is 2. The highest BCUT2D eigenvalue weighted by Gasteiger charge is 2.03. The molecule has 0 aliphatic rings. The molecule has 120 valence electrons. The summed E-state index contributed by atoms with van der Waals surface area (Å²) in [5, 5.41) is 11.4. The molecule has 1 heterocycles. The molecule has 0 aliphatic heterocycles. The zero-order valence-electron chi connectivity index (χ0n) is 12.5. The van der Waals surface area contributed by atoms with Crippen LogP contribution < -0.4 is 16.2 Å². The Morgan fingerprint density at radius 1 is 0.875 bits per heavy atom. The van der Waals surface area contributed by atoms with Crippen LogP contribution in [0.25, 0.3) is 11.3 Å². The number of hydrogen-bond donors (Lipinski definition) is 3. The fourth-order valence-electron chi connectivity index (χ4n) is 1.98. The number of aromatic nitrogens is 2. The predicted molar refractivity (Wildman–Crippen MR) is 94.7 cm³/mol. The minimum absolute atomic E-state index is 0.425. The summed E-state index contributed by atoms with van der Waals surface area (Å²) in [6.45, 7) is 0. The Balaban J connectivity index is 1.54. The van der Waals surface area contributed by atoms with Crippen molar-refractivity contribution in [2.24, 2.45) is 0 Å². The average Bonchev–Trinajstić information content (AvgIpc) is 2.63. The smallest absolute Gasteiger partial charge is 0.307 e. The van der Waals surface area contributed by atoms with Gasteiger partial charge in [-0.25, -0.2) is 10.2 Å². The third kappa shape index (κ3) is 4.21. The monoisotopic (exact) mass is 339 g/mol. The normalized spacial score (nSPS) is 10.0. The first kappa shape index (κ1) is 15.8. The van der Waals surface area contributed by atoms with Crippen molar-refractivity contribution in [2.45, 2.75) is 0 Å². The standard InChI is InChI=1S/C17H14ClN5O/c18-13-6-8-14(9-7-13)19-17(24)23-22-16-11-10-15(20-21-16)12-4-2-1-3-5-12/h1-11H,(H,21,22)(H2,19,23,24). The van der Waals surface area contributed by atoms with Gasteiger partial charge in [-0.2, -0.15) is 0 Å². The Morgan fingerprint density at radius 2 is 1.62 bits per heavy atom. The molecule has 3 aromatic rings. The van der Waals surface area contributed by atoms with Gasteiger partial charge >= 0.3 is 6.03 Å². The molecule has 7 heteroatoms. The number of urea groups is 1. The van der Waals surface area contributed by atoms with Gasteiger partial charge < -0.3 is 5.32 Å². The Kier molecular flexibility index (Phi) is 4.88. The molecular weight excluding hydrogens is 326 g/mol. The number of nitrogens with one attached hydrogen (secondary N) is 3. The number of carbonyl (C=O) groups excluding carboxylic acids is 1. The highest BCUT2D eigenvalue weighted by molar-refractivity contribution is 6.30. The van der Waals surface area contributed by atoms with Gasteiger partial charge in [-0.15, -0.1) is 10.2 Å². The Morgan fingerprint density at radius 3 is 2.29 bits per heavy atom. The van der Waals surface area contributed by atoms with Crippen molar-refractivity contribution in [3.63, 3.8) is 0 Å². The van der Waals surface area contributed by atoms with E-state index in [9.17, 15) is 4.79 Å². The van der Waals surface area contributed by atoms with Gasteiger partial charge in [0.25, 0.3) is 0 Å². The van der Waals surface area contributed by atoms with Crippen LogP contribution in [-0.4, -0.2) is 16.2 Å². The van der Waals surface area contributed by atoms with Gasteiger partial charge in [-0.05, 0) is 36.4 Å². The van der Waals surface area contributed by atoms with E-state index in [4.69, 9.17) is 11.6 Å². The quantitative estimate of drug-likeness (QED) is 0.629. The molecule has 2 aromatic carbocycles. The second-order valence-electron chi connectivity index (χ2n) is 4.88. The maximum absolute atomic E-state index is 11.8. The first-order chi connectivity index (χ1) is 11.7. The maximum atomic E-state index is 11.8. The molecule has 0 radical (unpaired) electrons. The molecular formula is C17H14ClN5O. The van der Waals surface area contributed by atoms with Crippen molar-refractivity contribution < 1.29 is 4.79 Å². The van der Waals surface area contributed by atoms with Crippen LogP contribution in [0.1, 0.15) is 0 Å². The van der Waals surface area contributed by atoms with Crippen molar-refractivity contribution in [3.05, 3.63) is 71.8 Å². The van der Waals surface area contributed by atoms with Gasteiger partial charge in [-0.1, -0.05) is 41.9 Å². The second-order valence-corrected chi connectivity index (χ2v) is 5.32. The molecule has 0 aliphatic carbocycles. The van der Waals surface area contributed by atoms with Crippen LogP contribution in [0, 0.1) is 0 Å². The van der Waals surface area contributed by atoms with E-state index in [1.165, 1.54) is 0 Å². The Bertz CT molecular complexity index is 807. The van der Waals surface area contributed by atoms with E-state index in [2.05, 4.69) is 26.4 Å². The molecule has 0 saturated carbocycles. The second kappa shape index (κ2) is 7.43. The molecule has 6 nitrogen and oxygen atoms in total. The first-order valence-electron chi connectivity index (χ1n) is 7.18. The topological polar surface area (TPSA) is 78.9 Å². The zero-order chi connectivity index (χ0) is 16.8. The minimum atomic E-state index is -0.425. The van der Waals surface area contributed by atoms with Crippen molar-refractivity contribution >= 4 is 29.1 Å². The number of nitrogens with zero attached hydrogens (tertiary/aromatic N) is 2. The fraction of sp³-hybridized carbons (Fsp3) is 0. The number of rotatable bonds is 4. The number of carbonyl (C=O) groups is 1. The van der Waals surface area contributed by atoms with Crippen LogP contribution in [0.5, 0.6) is 0 Å². The minimum Gasteiger partial charge on any atom is -0.307 e. The van der Waals surface area contributed by atoms with E-state index in [0.29, 0.717) is 16.5 Å². The molecule has 0 unspecified atom stereocenters. The fourth-order valence-corrected chi connectivity index (χ4v) is 2.10. The third-order valence-corrected chi connectivity index (χ3v) is 3.39. The maximum Gasteiger partial charge on any atom is 0.337 e. The lowest BCUT2D eigenvalue weighted by Crippen LogP contribution is -2.33. The van der Waals surface area contributed by atoms with Crippen LogP contribution in [0.3, 0.4) is 0 Å². The molecule has 3 N–H and O–H groups in total. The number of halogens is 1. The van der Waals surface area contributed by atoms with Crippen LogP contribution in [0.4, 0.5) is 16.3 Å². The van der Waals surface area contributed by atoms with E-state index in [0.717, 1.165) is 11.3 Å². The molecule has 2 amide bonds. The summed E-state index contributed by atoms with van der Waals surface area (Å²) in [5.74, 6) is 0.431. The van der Waals surface area contributed by atoms with Gasteiger partial charge in [0.2, 0.25) is 0 Å². The summed E-state index contributed by atoms with van der Waals surface area (Å²) in [6, 6.07) is 19.6. The van der Waals surface area contributed by atoms with Crippen molar-refractivity contribution in [1.82, 2.24) is 15.6 Å². The summed E-state index contributed by atoms with van der Waals surface area (Å²) in [5.41, 5.74) is 7.54. The summed E-state index contributed by atoms with van der Waals surface area (Å²) < 4.78 is 0. The van der Waals surface area contributed by atoms with Crippen LogP contribution >= 0.6 is 11.6 Å². The first-order valence-corrected chi connectivity index (χ1v) is 7.56. The molecule has 3 rings (SSSR count). The lowest BCUT2D eigenvalue weighted by molar-refractivity contribution is 0.254. The number of hydrazine groups is 1. The van der Waals surface area contributed by atoms with Crippen LogP contribution in [-0.2, 0) is 0 Å². The summed E-state index contributed by atoms with van der Waals surface area (Å²) >= 11 is 5.79. The third-order valence-electron chi connectivity index (χ3n) is 3.14. The molecule has 0 spiro atoms. The van der Waals surface area contributed by atoms with Crippen molar-refractivity contribution in [3.8, 4) is 11.3 Å². The molecule has 1 aromatic heterocycles. The van der Waals surface area contributed by atoms with Crippen molar-refractivity contribution in [1.29, 1.82) is 0 Å². The Hall–Kier alpha value is -3.12. The van der Waals surface area contributed by atoms with E-state index in [1.807, 2.05) is 36.4 Å². The van der Waals surface area contributed by atoms with Crippen LogP contribution in [0.2, 0.25) is 5.02 Å². The van der Waals surface area contributed by atoms with E-state index < -0.39 is 6.03 Å². The molecule has 0 bridgehead atoms. The highest BCUT2D eigenvalue weighted by atomic mass is 35.5. The lowest BCUT2D eigenvalue weighted by Gasteiger charge is -2.09. The molecule has 0 saturated heterocycles. The van der Waals surface area contributed by atoms with E-state index >= 15 is 0 Å². The SMILES string of the molecule is O=C(NNc1ccc(-c2ccccc2)nn1)Nc1ccc(Cl)cc1. The predicted octanol–water partition coefficient (Wildman–Crippen LogP) is 3.95. The summed E-state index contributed by atoms with van der Waals surface area (Å²) in [4.78, 5) is 11.8. The number of hydrogen-bond acceptors (Lipinski definition) is 4. The summed E-state index contributed by atoms with van der Waals surface area (Å²) in [6.07, 6.45) is 0. The van der Waals surface area contributed by atoms with E-state index in [-0.39, 0.29) is 0 Å². The van der Waals surface area contributed by atoms with Gasteiger partial charge in [0, 0.05) is 16.3 Å². The van der Waals surface area contributed by atoms with Gasteiger partial charge in [-0.3, -0.25) is 5.43 Å². The number of anilines is 2. The number of amides is 2. The highest BCUT2D eigenvalue weighted by Crippen LogP contribution is 2.16. The molecule has 24 heavy (non-hydrogen) atoms.